The predicted octanol–water partition coefficient (Wildman–Crippen LogP) is 3.79. The molecule has 5 heteroatoms. The third kappa shape index (κ3) is 2.27. The van der Waals surface area contributed by atoms with E-state index in [1.165, 1.54) is 11.5 Å². The quantitative estimate of drug-likeness (QED) is 0.790. The van der Waals surface area contributed by atoms with Crippen LogP contribution in [0.2, 0.25) is 5.02 Å². The van der Waals surface area contributed by atoms with Crippen LogP contribution in [0.15, 0.2) is 34.1 Å². The highest BCUT2D eigenvalue weighted by Gasteiger charge is 2.12. The van der Waals surface area contributed by atoms with Gasteiger partial charge in [0.15, 0.2) is 0 Å². The van der Waals surface area contributed by atoms with Crippen LogP contribution in [0.3, 0.4) is 0 Å². The molecule has 2 aromatic rings. The van der Waals surface area contributed by atoms with Crippen molar-refractivity contribution in [1.29, 1.82) is 0 Å². The minimum absolute atomic E-state index is 0.106. The zero-order valence-electron chi connectivity index (χ0n) is 7.41. The topological polar surface area (TPSA) is 30.0 Å². The van der Waals surface area contributed by atoms with Crippen LogP contribution in [-0.2, 0) is 0 Å². The molecule has 2 nitrogen and oxygen atoms in total. The maximum Gasteiger partial charge on any atom is 0.212 e. The van der Waals surface area contributed by atoms with Gasteiger partial charge in [0, 0.05) is 15.4 Å². The second-order valence-electron chi connectivity index (χ2n) is 2.84. The van der Waals surface area contributed by atoms with Crippen LogP contribution in [0, 0.1) is 0 Å². The molecule has 0 saturated heterocycles. The molecule has 0 unspecified atom stereocenters. The van der Waals surface area contributed by atoms with Crippen LogP contribution in [-0.4, -0.2) is 10.2 Å². The van der Waals surface area contributed by atoms with E-state index in [1.54, 1.807) is 29.6 Å². The number of ketones is 1. The van der Waals surface area contributed by atoms with Gasteiger partial charge in [-0.15, -0.1) is 0 Å². The maximum atomic E-state index is 11.8. The van der Waals surface area contributed by atoms with Crippen LogP contribution >= 0.6 is 39.1 Å². The monoisotopic (exact) mass is 301 g/mol. The van der Waals surface area contributed by atoms with Crippen molar-refractivity contribution < 1.29 is 4.79 Å². The van der Waals surface area contributed by atoms with Gasteiger partial charge in [0.25, 0.3) is 0 Å². The summed E-state index contributed by atoms with van der Waals surface area (Å²) in [6.07, 6.45) is 0. The van der Waals surface area contributed by atoms with E-state index in [4.69, 9.17) is 11.6 Å². The summed E-state index contributed by atoms with van der Waals surface area (Å²) in [5, 5.41) is 2.30. The van der Waals surface area contributed by atoms with Gasteiger partial charge in [0.2, 0.25) is 5.78 Å². The van der Waals surface area contributed by atoms with Gasteiger partial charge in [-0.1, -0.05) is 11.6 Å². The van der Waals surface area contributed by atoms with Crippen molar-refractivity contribution in [1.82, 2.24) is 4.37 Å². The van der Waals surface area contributed by atoms with E-state index in [9.17, 15) is 4.79 Å². The number of benzene rings is 1. The summed E-state index contributed by atoms with van der Waals surface area (Å²) < 4.78 is 4.76. The smallest absolute Gasteiger partial charge is 0.212 e. The first kappa shape index (κ1) is 10.8. The number of nitrogens with zero attached hydrogens (tertiary/aromatic N) is 1. The molecule has 1 aromatic carbocycles. The molecule has 0 atom stereocenters. The van der Waals surface area contributed by atoms with E-state index in [0.29, 0.717) is 16.3 Å². The lowest BCUT2D eigenvalue weighted by atomic mass is 10.1. The van der Waals surface area contributed by atoms with Gasteiger partial charge in [-0.05, 0) is 51.7 Å². The Bertz CT molecular complexity index is 498. The summed E-state index contributed by atoms with van der Waals surface area (Å²) in [5.41, 5.74) is 1.01. The Kier molecular flexibility index (Phi) is 3.19. The van der Waals surface area contributed by atoms with Gasteiger partial charge in [-0.2, -0.15) is 4.37 Å². The van der Waals surface area contributed by atoms with E-state index in [1.807, 2.05) is 0 Å². The largest absolute Gasteiger partial charge is 0.287 e. The molecular weight excluding hydrogens is 298 g/mol. The second kappa shape index (κ2) is 4.43. The summed E-state index contributed by atoms with van der Waals surface area (Å²) in [5.74, 6) is -0.106. The van der Waals surface area contributed by atoms with Crippen molar-refractivity contribution in [3.05, 3.63) is 50.4 Å². The minimum Gasteiger partial charge on any atom is -0.287 e. The van der Waals surface area contributed by atoms with Crippen LogP contribution in [0.25, 0.3) is 0 Å². The first-order valence-electron chi connectivity index (χ1n) is 4.08. The fourth-order valence-electron chi connectivity index (χ4n) is 1.11. The van der Waals surface area contributed by atoms with Crippen LogP contribution in [0.5, 0.6) is 0 Å². The first-order valence-corrected chi connectivity index (χ1v) is 6.09. The molecule has 0 fully saturated rings. The van der Waals surface area contributed by atoms with E-state index < -0.39 is 0 Å². The Morgan fingerprint density at radius 3 is 2.80 bits per heavy atom. The second-order valence-corrected chi connectivity index (χ2v) is 4.77. The lowest BCUT2D eigenvalue weighted by Crippen LogP contribution is -2.00. The summed E-state index contributed by atoms with van der Waals surface area (Å²) in [4.78, 5) is 11.8. The Labute approximate surface area is 104 Å². The van der Waals surface area contributed by atoms with Crippen molar-refractivity contribution in [2.24, 2.45) is 0 Å². The molecule has 1 heterocycles. The lowest BCUT2D eigenvalue weighted by molar-refractivity contribution is 0.103. The Balaban J connectivity index is 2.39. The normalized spacial score (nSPS) is 10.3. The molecular formula is C10H5BrClNOS. The zero-order chi connectivity index (χ0) is 10.8. The molecule has 15 heavy (non-hydrogen) atoms. The maximum absolute atomic E-state index is 11.8. The van der Waals surface area contributed by atoms with Gasteiger partial charge < -0.3 is 0 Å². The highest BCUT2D eigenvalue weighted by atomic mass is 79.9. The molecule has 2 rings (SSSR count). The van der Waals surface area contributed by atoms with E-state index in [-0.39, 0.29) is 5.78 Å². The Hall–Kier alpha value is -0.710. The first-order chi connectivity index (χ1) is 7.18. The van der Waals surface area contributed by atoms with Crippen LogP contribution in [0.1, 0.15) is 16.1 Å². The molecule has 0 amide bonds. The molecule has 0 aliphatic heterocycles. The SMILES string of the molecule is O=C(c1ccc(Br)c(Cl)c1)c1ccsn1. The summed E-state index contributed by atoms with van der Waals surface area (Å²) in [6.45, 7) is 0. The third-order valence-corrected chi connectivity index (χ3v) is 3.64. The van der Waals surface area contributed by atoms with Gasteiger partial charge in [-0.3, -0.25) is 4.79 Å². The molecule has 0 spiro atoms. The standard InChI is InChI=1S/C10H5BrClNOS/c11-7-2-1-6(5-8(7)12)10(14)9-3-4-15-13-9/h1-5H. The number of aromatic nitrogens is 1. The van der Waals surface area contributed by atoms with Gasteiger partial charge in [0.1, 0.15) is 5.69 Å². The van der Waals surface area contributed by atoms with Gasteiger partial charge in [-0.25, -0.2) is 0 Å². The molecule has 0 aliphatic carbocycles. The Morgan fingerprint density at radius 1 is 1.40 bits per heavy atom. The lowest BCUT2D eigenvalue weighted by Gasteiger charge is -2.00. The number of halogens is 2. The fraction of sp³-hybridized carbons (Fsp3) is 0. The summed E-state index contributed by atoms with van der Waals surface area (Å²) >= 11 is 10.4. The van der Waals surface area contributed by atoms with Gasteiger partial charge in [0.05, 0.1) is 5.02 Å². The average Bonchev–Trinajstić information content (AvgIpc) is 2.74. The molecule has 0 aliphatic rings. The van der Waals surface area contributed by atoms with Crippen molar-refractivity contribution >= 4 is 44.8 Å². The Morgan fingerprint density at radius 2 is 2.20 bits per heavy atom. The number of carbonyl (C=O) groups is 1. The molecule has 76 valence electrons. The van der Waals surface area contributed by atoms with Crippen LogP contribution < -0.4 is 0 Å². The predicted molar refractivity (Wildman–Crippen MR) is 64.7 cm³/mol. The van der Waals surface area contributed by atoms with Crippen molar-refractivity contribution in [2.75, 3.05) is 0 Å². The number of hydrogen-bond donors (Lipinski definition) is 0. The third-order valence-electron chi connectivity index (χ3n) is 1.85. The molecule has 0 saturated carbocycles. The summed E-state index contributed by atoms with van der Waals surface area (Å²) in [6, 6.07) is 6.80. The number of hydrogen-bond acceptors (Lipinski definition) is 3. The highest BCUT2D eigenvalue weighted by molar-refractivity contribution is 9.10. The number of rotatable bonds is 2. The summed E-state index contributed by atoms with van der Waals surface area (Å²) in [7, 11) is 0. The van der Waals surface area contributed by atoms with E-state index in [2.05, 4.69) is 20.3 Å². The zero-order valence-corrected chi connectivity index (χ0v) is 10.6. The minimum atomic E-state index is -0.106. The molecule has 0 bridgehead atoms. The van der Waals surface area contributed by atoms with Crippen molar-refractivity contribution in [3.63, 3.8) is 0 Å². The van der Waals surface area contributed by atoms with E-state index >= 15 is 0 Å². The number of carbonyl (C=O) groups excluding carboxylic acids is 1. The van der Waals surface area contributed by atoms with Crippen LogP contribution in [0.4, 0.5) is 0 Å². The highest BCUT2D eigenvalue weighted by Crippen LogP contribution is 2.24. The fourth-order valence-corrected chi connectivity index (χ4v) is 2.05. The van der Waals surface area contributed by atoms with Crippen molar-refractivity contribution in [3.8, 4) is 0 Å². The molecule has 0 radical (unpaired) electrons. The van der Waals surface area contributed by atoms with Gasteiger partial charge >= 0.3 is 0 Å². The van der Waals surface area contributed by atoms with E-state index in [0.717, 1.165) is 4.47 Å². The molecule has 0 N–H and O–H groups in total. The van der Waals surface area contributed by atoms with Crippen molar-refractivity contribution in [2.45, 2.75) is 0 Å². The molecule has 1 aromatic heterocycles. The average molecular weight is 303 g/mol.